The third kappa shape index (κ3) is 2.93. The zero-order valence-electron chi connectivity index (χ0n) is 11.8. The standard InChI is InChI=1S/C14H18ClN3O2/c1-14(2,3)12-13(20)17-7-11(19)18(12)8-9-4-5-16-6-10(9)15/h4-6,12H,7-8H2,1-3H3,(H,17,20). The lowest BCUT2D eigenvalue weighted by atomic mass is 9.83. The average Bonchev–Trinajstić information content (AvgIpc) is 2.35. The highest BCUT2D eigenvalue weighted by molar-refractivity contribution is 6.31. The molecule has 20 heavy (non-hydrogen) atoms. The van der Waals surface area contributed by atoms with Crippen LogP contribution in [0.15, 0.2) is 18.5 Å². The van der Waals surface area contributed by atoms with E-state index in [-0.39, 0.29) is 23.8 Å². The first-order chi connectivity index (χ1) is 9.30. The number of nitrogens with zero attached hydrogens (tertiary/aromatic N) is 2. The molecule has 0 aliphatic carbocycles. The van der Waals surface area contributed by atoms with Crippen LogP contribution in [0, 0.1) is 5.41 Å². The van der Waals surface area contributed by atoms with Crippen molar-refractivity contribution in [3.05, 3.63) is 29.0 Å². The SMILES string of the molecule is CC(C)(C)C1C(=O)NCC(=O)N1Cc1ccncc1Cl. The summed E-state index contributed by atoms with van der Waals surface area (Å²) in [5, 5.41) is 3.14. The summed E-state index contributed by atoms with van der Waals surface area (Å²) in [5.74, 6) is -0.223. The van der Waals surface area contributed by atoms with Crippen molar-refractivity contribution < 1.29 is 9.59 Å². The van der Waals surface area contributed by atoms with Crippen molar-refractivity contribution in [1.82, 2.24) is 15.2 Å². The van der Waals surface area contributed by atoms with Crippen molar-refractivity contribution in [3.63, 3.8) is 0 Å². The van der Waals surface area contributed by atoms with E-state index in [1.54, 1.807) is 17.2 Å². The van der Waals surface area contributed by atoms with E-state index in [9.17, 15) is 9.59 Å². The van der Waals surface area contributed by atoms with Gasteiger partial charge in [0.15, 0.2) is 0 Å². The first kappa shape index (κ1) is 14.8. The van der Waals surface area contributed by atoms with E-state index >= 15 is 0 Å². The molecule has 2 rings (SSSR count). The number of halogens is 1. The minimum absolute atomic E-state index is 0.0358. The van der Waals surface area contributed by atoms with Crippen LogP contribution in [0.3, 0.4) is 0 Å². The summed E-state index contributed by atoms with van der Waals surface area (Å²) < 4.78 is 0. The van der Waals surface area contributed by atoms with Gasteiger partial charge in [-0.2, -0.15) is 0 Å². The fraction of sp³-hybridized carbons (Fsp3) is 0.500. The van der Waals surface area contributed by atoms with Gasteiger partial charge < -0.3 is 10.2 Å². The first-order valence-electron chi connectivity index (χ1n) is 6.46. The van der Waals surface area contributed by atoms with E-state index in [1.807, 2.05) is 20.8 Å². The number of carbonyl (C=O) groups excluding carboxylic acids is 2. The van der Waals surface area contributed by atoms with E-state index in [1.165, 1.54) is 6.20 Å². The molecule has 0 bridgehead atoms. The minimum Gasteiger partial charge on any atom is -0.345 e. The summed E-state index contributed by atoms with van der Waals surface area (Å²) in [6, 6.07) is 1.26. The average molecular weight is 296 g/mol. The van der Waals surface area contributed by atoms with Crippen LogP contribution in [0.25, 0.3) is 0 Å². The fourth-order valence-corrected chi connectivity index (χ4v) is 2.58. The van der Waals surface area contributed by atoms with Gasteiger partial charge in [-0.15, -0.1) is 0 Å². The Hall–Kier alpha value is -1.62. The molecule has 6 heteroatoms. The summed E-state index contributed by atoms with van der Waals surface area (Å²) in [6.07, 6.45) is 3.17. The first-order valence-corrected chi connectivity index (χ1v) is 6.84. The molecular weight excluding hydrogens is 278 g/mol. The van der Waals surface area contributed by atoms with Crippen molar-refractivity contribution in [2.75, 3.05) is 6.54 Å². The number of rotatable bonds is 2. The van der Waals surface area contributed by atoms with Crippen LogP contribution in [-0.2, 0) is 16.1 Å². The zero-order valence-corrected chi connectivity index (χ0v) is 12.6. The second kappa shape index (κ2) is 5.40. The van der Waals surface area contributed by atoms with Crippen LogP contribution in [0.2, 0.25) is 5.02 Å². The van der Waals surface area contributed by atoms with Crippen LogP contribution in [-0.4, -0.2) is 34.3 Å². The monoisotopic (exact) mass is 295 g/mol. The molecule has 0 radical (unpaired) electrons. The van der Waals surface area contributed by atoms with Crippen molar-refractivity contribution in [1.29, 1.82) is 0 Å². The Kier molecular flexibility index (Phi) is 3.99. The summed E-state index contributed by atoms with van der Waals surface area (Å²) in [5.41, 5.74) is 0.443. The van der Waals surface area contributed by atoms with Crippen molar-refractivity contribution in [2.24, 2.45) is 5.41 Å². The normalized spacial score (nSPS) is 20.0. The Morgan fingerprint density at radius 2 is 2.15 bits per heavy atom. The zero-order chi connectivity index (χ0) is 14.9. The Morgan fingerprint density at radius 3 is 2.75 bits per heavy atom. The highest BCUT2D eigenvalue weighted by atomic mass is 35.5. The van der Waals surface area contributed by atoms with Crippen LogP contribution in [0.4, 0.5) is 0 Å². The van der Waals surface area contributed by atoms with Crippen molar-refractivity contribution in [3.8, 4) is 0 Å². The van der Waals surface area contributed by atoms with Crippen LogP contribution in [0.5, 0.6) is 0 Å². The molecular formula is C14H18ClN3O2. The van der Waals surface area contributed by atoms with E-state index in [0.29, 0.717) is 11.6 Å². The largest absolute Gasteiger partial charge is 0.345 e. The molecule has 1 fully saturated rings. The molecule has 108 valence electrons. The summed E-state index contributed by atoms with van der Waals surface area (Å²) >= 11 is 6.09. The Bertz CT molecular complexity index is 539. The molecule has 1 aliphatic heterocycles. The van der Waals surface area contributed by atoms with E-state index in [0.717, 1.165) is 5.56 Å². The van der Waals surface area contributed by atoms with Gasteiger partial charge in [0.05, 0.1) is 11.6 Å². The molecule has 1 atom stereocenters. The molecule has 1 aromatic heterocycles. The van der Waals surface area contributed by atoms with Crippen molar-refractivity contribution in [2.45, 2.75) is 33.4 Å². The van der Waals surface area contributed by atoms with Gasteiger partial charge in [0, 0.05) is 18.9 Å². The van der Waals surface area contributed by atoms with Gasteiger partial charge in [0.1, 0.15) is 6.04 Å². The summed E-state index contributed by atoms with van der Waals surface area (Å²) in [4.78, 5) is 29.8. The maximum absolute atomic E-state index is 12.2. The van der Waals surface area contributed by atoms with Crippen LogP contribution in [0.1, 0.15) is 26.3 Å². The fourth-order valence-electron chi connectivity index (χ4n) is 2.40. The number of aromatic nitrogens is 1. The predicted octanol–water partition coefficient (Wildman–Crippen LogP) is 1.61. The predicted molar refractivity (Wildman–Crippen MR) is 76.0 cm³/mol. The van der Waals surface area contributed by atoms with Crippen LogP contribution < -0.4 is 5.32 Å². The molecule has 1 N–H and O–H groups in total. The number of piperazine rings is 1. The molecule has 2 amide bonds. The smallest absolute Gasteiger partial charge is 0.243 e. The second-order valence-electron chi connectivity index (χ2n) is 5.98. The van der Waals surface area contributed by atoms with E-state index in [4.69, 9.17) is 11.6 Å². The molecule has 0 aromatic carbocycles. The molecule has 5 nitrogen and oxygen atoms in total. The molecule has 2 heterocycles. The van der Waals surface area contributed by atoms with E-state index < -0.39 is 6.04 Å². The number of hydrogen-bond acceptors (Lipinski definition) is 3. The minimum atomic E-state index is -0.506. The lowest BCUT2D eigenvalue weighted by Crippen LogP contribution is -2.62. The maximum Gasteiger partial charge on any atom is 0.243 e. The molecule has 0 spiro atoms. The number of hydrogen-bond donors (Lipinski definition) is 1. The Balaban J connectivity index is 2.32. The Morgan fingerprint density at radius 1 is 1.45 bits per heavy atom. The molecule has 1 aromatic rings. The quantitative estimate of drug-likeness (QED) is 0.901. The number of nitrogens with one attached hydrogen (secondary N) is 1. The van der Waals surface area contributed by atoms with Gasteiger partial charge in [-0.1, -0.05) is 32.4 Å². The number of amides is 2. The van der Waals surface area contributed by atoms with Gasteiger partial charge in [-0.25, -0.2) is 0 Å². The lowest BCUT2D eigenvalue weighted by Gasteiger charge is -2.42. The van der Waals surface area contributed by atoms with E-state index in [2.05, 4.69) is 10.3 Å². The molecule has 0 saturated carbocycles. The van der Waals surface area contributed by atoms with Gasteiger partial charge in [0.25, 0.3) is 0 Å². The summed E-state index contributed by atoms with van der Waals surface area (Å²) in [6.45, 7) is 6.18. The van der Waals surface area contributed by atoms with Gasteiger partial charge in [-0.05, 0) is 17.0 Å². The molecule has 1 unspecified atom stereocenters. The van der Waals surface area contributed by atoms with Gasteiger partial charge >= 0.3 is 0 Å². The topological polar surface area (TPSA) is 62.3 Å². The third-order valence-corrected chi connectivity index (χ3v) is 3.65. The van der Waals surface area contributed by atoms with Crippen LogP contribution >= 0.6 is 11.6 Å². The molecule has 1 saturated heterocycles. The summed E-state index contributed by atoms with van der Waals surface area (Å²) in [7, 11) is 0. The molecule has 1 aliphatic rings. The Labute approximate surface area is 123 Å². The third-order valence-electron chi connectivity index (χ3n) is 3.31. The van der Waals surface area contributed by atoms with Gasteiger partial charge in [0.2, 0.25) is 11.8 Å². The van der Waals surface area contributed by atoms with Crippen molar-refractivity contribution >= 4 is 23.4 Å². The second-order valence-corrected chi connectivity index (χ2v) is 6.38. The number of pyridine rings is 1. The maximum atomic E-state index is 12.2. The number of carbonyl (C=O) groups is 2. The van der Waals surface area contributed by atoms with Gasteiger partial charge in [-0.3, -0.25) is 14.6 Å². The highest BCUT2D eigenvalue weighted by Crippen LogP contribution is 2.29. The highest BCUT2D eigenvalue weighted by Gasteiger charge is 2.42. The lowest BCUT2D eigenvalue weighted by molar-refractivity contribution is -0.150.